The quantitative estimate of drug-likeness (QED) is 0.725. The van der Waals surface area contributed by atoms with Crippen LogP contribution in [0.15, 0.2) is 16.6 Å². The van der Waals surface area contributed by atoms with Crippen LogP contribution in [0.3, 0.4) is 0 Å². The fraction of sp³-hybridized carbons (Fsp3) is 0.250. The van der Waals surface area contributed by atoms with Gasteiger partial charge in [0.1, 0.15) is 5.75 Å². The van der Waals surface area contributed by atoms with Gasteiger partial charge in [-0.1, -0.05) is 17.7 Å². The van der Waals surface area contributed by atoms with E-state index in [0.717, 1.165) is 15.8 Å². The van der Waals surface area contributed by atoms with Gasteiger partial charge in [0, 0.05) is 0 Å². The minimum absolute atomic E-state index is 0.674. The molecule has 0 fully saturated rings. The number of benzene rings is 1. The second kappa shape index (κ2) is 3.46. The lowest BCUT2D eigenvalue weighted by molar-refractivity contribution is 0.409. The van der Waals surface area contributed by atoms with E-state index in [-0.39, 0.29) is 0 Å². The van der Waals surface area contributed by atoms with E-state index in [0.29, 0.717) is 5.02 Å². The normalized spacial score (nSPS) is 9.82. The molecule has 0 aliphatic carbocycles. The van der Waals surface area contributed by atoms with Crippen molar-refractivity contribution in [1.29, 1.82) is 0 Å². The van der Waals surface area contributed by atoms with Crippen LogP contribution < -0.4 is 4.74 Å². The molecule has 0 saturated carbocycles. The largest absolute Gasteiger partial charge is 0.495 e. The first-order valence-electron chi connectivity index (χ1n) is 3.15. The molecule has 0 spiro atoms. The summed E-state index contributed by atoms with van der Waals surface area (Å²) < 4.78 is 5.95. The van der Waals surface area contributed by atoms with Crippen LogP contribution in [0.1, 0.15) is 5.56 Å². The number of aryl methyl sites for hydroxylation is 1. The molecule has 11 heavy (non-hydrogen) atoms. The molecule has 0 aliphatic heterocycles. The summed E-state index contributed by atoms with van der Waals surface area (Å²) in [5.74, 6) is 0.803. The van der Waals surface area contributed by atoms with Crippen molar-refractivity contribution < 1.29 is 4.74 Å². The van der Waals surface area contributed by atoms with Crippen molar-refractivity contribution in [3.63, 3.8) is 0 Å². The molecule has 0 aromatic heterocycles. The van der Waals surface area contributed by atoms with Gasteiger partial charge >= 0.3 is 0 Å². The zero-order valence-corrected chi connectivity index (χ0v) is 8.66. The van der Waals surface area contributed by atoms with E-state index in [1.807, 2.05) is 19.1 Å². The monoisotopic (exact) mass is 234 g/mol. The topological polar surface area (TPSA) is 9.23 Å². The first kappa shape index (κ1) is 8.88. The average molecular weight is 236 g/mol. The Morgan fingerprint density at radius 3 is 2.55 bits per heavy atom. The lowest BCUT2D eigenvalue weighted by Gasteiger charge is -2.07. The highest BCUT2D eigenvalue weighted by Crippen LogP contribution is 2.34. The summed E-state index contributed by atoms with van der Waals surface area (Å²) in [5.41, 5.74) is 1.07. The van der Waals surface area contributed by atoms with Crippen molar-refractivity contribution >= 4 is 27.5 Å². The van der Waals surface area contributed by atoms with E-state index >= 15 is 0 Å². The molecule has 0 heterocycles. The van der Waals surface area contributed by atoms with E-state index < -0.39 is 0 Å². The number of hydrogen-bond donors (Lipinski definition) is 0. The standard InChI is InChI=1S/C8H8BrClO/c1-5-3-4-6(10)7(9)8(5)11-2/h3-4H,1-2H3. The van der Waals surface area contributed by atoms with Crippen molar-refractivity contribution in [2.75, 3.05) is 7.11 Å². The molecule has 0 radical (unpaired) electrons. The molecule has 0 unspecified atom stereocenters. The maximum absolute atomic E-state index is 5.84. The second-order valence-corrected chi connectivity index (χ2v) is 3.41. The zero-order chi connectivity index (χ0) is 8.43. The van der Waals surface area contributed by atoms with Crippen LogP contribution in [0, 0.1) is 6.92 Å². The summed E-state index contributed by atoms with van der Waals surface area (Å²) >= 11 is 9.17. The summed E-state index contributed by atoms with van der Waals surface area (Å²) in [6.07, 6.45) is 0. The molecule has 0 saturated heterocycles. The van der Waals surface area contributed by atoms with Gasteiger partial charge in [-0.15, -0.1) is 0 Å². The summed E-state index contributed by atoms with van der Waals surface area (Å²) in [4.78, 5) is 0. The maximum Gasteiger partial charge on any atom is 0.137 e. The highest BCUT2D eigenvalue weighted by atomic mass is 79.9. The van der Waals surface area contributed by atoms with E-state index in [9.17, 15) is 0 Å². The number of methoxy groups -OCH3 is 1. The molecule has 0 amide bonds. The summed E-state index contributed by atoms with van der Waals surface area (Å²) in [6.45, 7) is 1.97. The molecule has 60 valence electrons. The van der Waals surface area contributed by atoms with Crippen LogP contribution in [0.2, 0.25) is 5.02 Å². The van der Waals surface area contributed by atoms with Gasteiger partial charge in [0.25, 0.3) is 0 Å². The fourth-order valence-electron chi connectivity index (χ4n) is 0.879. The zero-order valence-electron chi connectivity index (χ0n) is 6.32. The minimum atomic E-state index is 0.674. The first-order chi connectivity index (χ1) is 5.16. The van der Waals surface area contributed by atoms with Gasteiger partial charge in [-0.2, -0.15) is 0 Å². The molecule has 0 bridgehead atoms. The molecule has 1 aromatic carbocycles. The van der Waals surface area contributed by atoms with Crippen LogP contribution >= 0.6 is 27.5 Å². The van der Waals surface area contributed by atoms with E-state index in [4.69, 9.17) is 16.3 Å². The van der Waals surface area contributed by atoms with Crippen molar-refractivity contribution in [1.82, 2.24) is 0 Å². The number of hydrogen-bond acceptors (Lipinski definition) is 1. The molecular weight excluding hydrogens is 227 g/mol. The number of halogens is 2. The smallest absolute Gasteiger partial charge is 0.137 e. The van der Waals surface area contributed by atoms with Gasteiger partial charge in [0.05, 0.1) is 16.6 Å². The average Bonchev–Trinajstić information content (AvgIpc) is 1.99. The third-order valence-corrected chi connectivity index (χ3v) is 2.78. The molecule has 1 nitrogen and oxygen atoms in total. The Labute approximate surface area is 79.4 Å². The molecule has 1 rings (SSSR count). The minimum Gasteiger partial charge on any atom is -0.495 e. The Hall–Kier alpha value is -0.210. The number of ether oxygens (including phenoxy) is 1. The van der Waals surface area contributed by atoms with Crippen molar-refractivity contribution in [3.05, 3.63) is 27.2 Å². The Morgan fingerprint density at radius 2 is 2.09 bits per heavy atom. The molecule has 1 aromatic rings. The molecule has 0 aliphatic rings. The maximum atomic E-state index is 5.84. The predicted octanol–water partition coefficient (Wildman–Crippen LogP) is 3.42. The van der Waals surface area contributed by atoms with E-state index in [2.05, 4.69) is 15.9 Å². The van der Waals surface area contributed by atoms with E-state index in [1.165, 1.54) is 0 Å². The summed E-state index contributed by atoms with van der Waals surface area (Å²) in [7, 11) is 1.63. The van der Waals surface area contributed by atoms with Crippen LogP contribution in [-0.4, -0.2) is 7.11 Å². The lowest BCUT2D eigenvalue weighted by Crippen LogP contribution is -1.88. The fourth-order valence-corrected chi connectivity index (χ4v) is 1.63. The lowest BCUT2D eigenvalue weighted by atomic mass is 10.2. The van der Waals surface area contributed by atoms with Crippen LogP contribution in [0.5, 0.6) is 5.75 Å². The molecule has 0 atom stereocenters. The van der Waals surface area contributed by atoms with Crippen LogP contribution in [-0.2, 0) is 0 Å². The van der Waals surface area contributed by atoms with Gasteiger partial charge in [0.15, 0.2) is 0 Å². The summed E-state index contributed by atoms with van der Waals surface area (Å²) in [6, 6.07) is 3.76. The Kier molecular flexibility index (Phi) is 2.79. The predicted molar refractivity (Wildman–Crippen MR) is 50.4 cm³/mol. The van der Waals surface area contributed by atoms with Crippen molar-refractivity contribution in [2.24, 2.45) is 0 Å². The SMILES string of the molecule is COc1c(C)ccc(Cl)c1Br. The van der Waals surface area contributed by atoms with Crippen molar-refractivity contribution in [3.8, 4) is 5.75 Å². The highest BCUT2D eigenvalue weighted by Gasteiger charge is 2.06. The second-order valence-electron chi connectivity index (χ2n) is 2.21. The first-order valence-corrected chi connectivity index (χ1v) is 4.32. The third-order valence-electron chi connectivity index (χ3n) is 1.45. The van der Waals surface area contributed by atoms with Crippen LogP contribution in [0.25, 0.3) is 0 Å². The Morgan fingerprint density at radius 1 is 1.45 bits per heavy atom. The Bertz CT molecular complexity index is 273. The molecular formula is C8H8BrClO. The molecule has 0 N–H and O–H groups in total. The van der Waals surface area contributed by atoms with E-state index in [1.54, 1.807) is 7.11 Å². The van der Waals surface area contributed by atoms with Gasteiger partial charge in [0.2, 0.25) is 0 Å². The van der Waals surface area contributed by atoms with Gasteiger partial charge in [-0.05, 0) is 34.5 Å². The Balaban J connectivity index is 3.29. The third kappa shape index (κ3) is 1.68. The highest BCUT2D eigenvalue weighted by molar-refractivity contribution is 9.10. The number of rotatable bonds is 1. The van der Waals surface area contributed by atoms with Gasteiger partial charge in [-0.25, -0.2) is 0 Å². The van der Waals surface area contributed by atoms with Crippen molar-refractivity contribution in [2.45, 2.75) is 6.92 Å². The van der Waals surface area contributed by atoms with Crippen LogP contribution in [0.4, 0.5) is 0 Å². The van der Waals surface area contributed by atoms with Gasteiger partial charge in [-0.3, -0.25) is 0 Å². The molecule has 3 heteroatoms. The van der Waals surface area contributed by atoms with Gasteiger partial charge < -0.3 is 4.74 Å². The summed E-state index contributed by atoms with van der Waals surface area (Å²) in [5, 5.41) is 0.674.